The largest absolute Gasteiger partial charge is 0.484 e. The van der Waals surface area contributed by atoms with Gasteiger partial charge in [0.1, 0.15) is 11.8 Å². The second-order valence-corrected chi connectivity index (χ2v) is 9.20. The zero-order chi connectivity index (χ0) is 23.8. The zero-order valence-corrected chi connectivity index (χ0v) is 20.8. The standard InChI is InChI=1S/C25H32Cl2N2O3/c1-6-23(25(31)28-17(4)5)29(14-19-7-10-20(26)13-22(19)27)24(30)15-32-21-11-8-18(9-12-21)16(2)3/h7-13,16-17,23H,6,14-15H2,1-5H3,(H,28,31)/t23-/m0/s1. The maximum absolute atomic E-state index is 13.2. The van der Waals surface area contributed by atoms with Crippen LogP contribution in [-0.4, -0.2) is 35.4 Å². The summed E-state index contributed by atoms with van der Waals surface area (Å²) in [6.07, 6.45) is 0.457. The van der Waals surface area contributed by atoms with Crippen molar-refractivity contribution in [3.63, 3.8) is 0 Å². The van der Waals surface area contributed by atoms with E-state index < -0.39 is 6.04 Å². The Kier molecular flexibility index (Phi) is 9.85. The second-order valence-electron chi connectivity index (χ2n) is 8.36. The molecule has 1 atom stereocenters. The zero-order valence-electron chi connectivity index (χ0n) is 19.3. The summed E-state index contributed by atoms with van der Waals surface area (Å²) >= 11 is 12.4. The van der Waals surface area contributed by atoms with Crippen molar-refractivity contribution in [2.75, 3.05) is 6.61 Å². The Labute approximate surface area is 201 Å². The van der Waals surface area contributed by atoms with E-state index in [9.17, 15) is 9.59 Å². The molecule has 0 aromatic heterocycles. The number of carbonyl (C=O) groups is 2. The van der Waals surface area contributed by atoms with Crippen LogP contribution in [0.15, 0.2) is 42.5 Å². The third-order valence-electron chi connectivity index (χ3n) is 5.08. The first-order chi connectivity index (χ1) is 15.1. The van der Waals surface area contributed by atoms with Crippen LogP contribution in [0, 0.1) is 0 Å². The summed E-state index contributed by atoms with van der Waals surface area (Å²) < 4.78 is 5.75. The average Bonchev–Trinajstić information content (AvgIpc) is 2.73. The lowest BCUT2D eigenvalue weighted by molar-refractivity contribution is -0.143. The quantitative estimate of drug-likeness (QED) is 0.467. The fraction of sp³-hybridized carbons (Fsp3) is 0.440. The third-order valence-corrected chi connectivity index (χ3v) is 5.67. The summed E-state index contributed by atoms with van der Waals surface area (Å²) in [6, 6.07) is 12.1. The van der Waals surface area contributed by atoms with Crippen LogP contribution in [0.4, 0.5) is 0 Å². The molecule has 0 bridgehead atoms. The summed E-state index contributed by atoms with van der Waals surface area (Å²) in [7, 11) is 0. The van der Waals surface area contributed by atoms with Crippen molar-refractivity contribution >= 4 is 35.0 Å². The van der Waals surface area contributed by atoms with Gasteiger partial charge in [0, 0.05) is 22.6 Å². The van der Waals surface area contributed by atoms with Gasteiger partial charge >= 0.3 is 0 Å². The van der Waals surface area contributed by atoms with Crippen LogP contribution in [0.25, 0.3) is 0 Å². The van der Waals surface area contributed by atoms with Gasteiger partial charge in [0.2, 0.25) is 5.91 Å². The van der Waals surface area contributed by atoms with Crippen LogP contribution in [0.2, 0.25) is 10.0 Å². The highest BCUT2D eigenvalue weighted by molar-refractivity contribution is 6.35. The molecule has 0 fully saturated rings. The minimum absolute atomic E-state index is 0.0386. The molecule has 2 amide bonds. The molecule has 0 aliphatic carbocycles. The first-order valence-corrected chi connectivity index (χ1v) is 11.6. The maximum Gasteiger partial charge on any atom is 0.261 e. The van der Waals surface area contributed by atoms with Gasteiger partial charge in [0.25, 0.3) is 5.91 Å². The van der Waals surface area contributed by atoms with E-state index in [2.05, 4.69) is 19.2 Å². The van der Waals surface area contributed by atoms with E-state index in [1.54, 1.807) is 18.2 Å². The molecule has 0 heterocycles. The molecule has 0 aliphatic heterocycles. The van der Waals surface area contributed by atoms with E-state index in [0.717, 1.165) is 0 Å². The number of rotatable bonds is 10. The monoisotopic (exact) mass is 478 g/mol. The lowest BCUT2D eigenvalue weighted by Gasteiger charge is -2.31. The lowest BCUT2D eigenvalue weighted by Crippen LogP contribution is -2.51. The van der Waals surface area contributed by atoms with Gasteiger partial charge in [-0.25, -0.2) is 0 Å². The van der Waals surface area contributed by atoms with E-state index in [-0.39, 0.29) is 31.0 Å². The molecular formula is C25H32Cl2N2O3. The molecule has 0 spiro atoms. The Bertz CT molecular complexity index is 914. The molecule has 32 heavy (non-hydrogen) atoms. The number of hydrogen-bond acceptors (Lipinski definition) is 3. The van der Waals surface area contributed by atoms with E-state index in [4.69, 9.17) is 27.9 Å². The van der Waals surface area contributed by atoms with Crippen molar-refractivity contribution in [1.29, 1.82) is 0 Å². The van der Waals surface area contributed by atoms with Gasteiger partial charge in [-0.3, -0.25) is 9.59 Å². The van der Waals surface area contributed by atoms with Crippen molar-refractivity contribution in [3.8, 4) is 5.75 Å². The van der Waals surface area contributed by atoms with Gasteiger partial charge in [-0.1, -0.05) is 62.2 Å². The van der Waals surface area contributed by atoms with E-state index >= 15 is 0 Å². The van der Waals surface area contributed by atoms with Gasteiger partial charge in [0.05, 0.1) is 0 Å². The van der Waals surface area contributed by atoms with Crippen LogP contribution >= 0.6 is 23.2 Å². The third kappa shape index (κ3) is 7.42. The van der Waals surface area contributed by atoms with Gasteiger partial charge in [-0.15, -0.1) is 0 Å². The summed E-state index contributed by atoms with van der Waals surface area (Å²) in [5, 5.41) is 3.85. The lowest BCUT2D eigenvalue weighted by atomic mass is 10.0. The van der Waals surface area contributed by atoms with Crippen molar-refractivity contribution < 1.29 is 14.3 Å². The molecular weight excluding hydrogens is 447 g/mol. The van der Waals surface area contributed by atoms with E-state index in [0.29, 0.717) is 33.7 Å². The summed E-state index contributed by atoms with van der Waals surface area (Å²) in [5.41, 5.74) is 1.90. The molecule has 7 heteroatoms. The molecule has 0 saturated carbocycles. The Morgan fingerprint density at radius 2 is 1.69 bits per heavy atom. The number of hydrogen-bond donors (Lipinski definition) is 1. The van der Waals surface area contributed by atoms with Crippen molar-refractivity contribution in [2.24, 2.45) is 0 Å². The number of nitrogens with zero attached hydrogens (tertiary/aromatic N) is 1. The van der Waals surface area contributed by atoms with E-state index in [1.807, 2.05) is 45.0 Å². The normalized spacial score (nSPS) is 12.0. The fourth-order valence-electron chi connectivity index (χ4n) is 3.31. The van der Waals surface area contributed by atoms with Crippen LogP contribution < -0.4 is 10.1 Å². The highest BCUT2D eigenvalue weighted by Crippen LogP contribution is 2.24. The summed E-state index contributed by atoms with van der Waals surface area (Å²) in [6.45, 7) is 9.87. The number of ether oxygens (including phenoxy) is 1. The SMILES string of the molecule is CC[C@@H](C(=O)NC(C)C)N(Cc1ccc(Cl)cc1Cl)C(=O)COc1ccc(C(C)C)cc1. The topological polar surface area (TPSA) is 58.6 Å². The molecule has 0 saturated heterocycles. The Hall–Kier alpha value is -2.24. The molecule has 174 valence electrons. The fourth-order valence-corrected chi connectivity index (χ4v) is 3.78. The molecule has 0 aliphatic rings. The molecule has 1 N–H and O–H groups in total. The highest BCUT2D eigenvalue weighted by atomic mass is 35.5. The van der Waals surface area contributed by atoms with Crippen molar-refractivity contribution in [2.45, 2.75) is 65.6 Å². The summed E-state index contributed by atoms with van der Waals surface area (Å²) in [5.74, 6) is 0.513. The highest BCUT2D eigenvalue weighted by Gasteiger charge is 2.29. The Morgan fingerprint density at radius 3 is 2.22 bits per heavy atom. The number of amides is 2. The van der Waals surface area contributed by atoms with Crippen LogP contribution in [0.3, 0.4) is 0 Å². The number of benzene rings is 2. The molecule has 2 aromatic rings. The average molecular weight is 479 g/mol. The predicted octanol–water partition coefficient (Wildman–Crippen LogP) is 5.83. The van der Waals surface area contributed by atoms with Crippen molar-refractivity contribution in [1.82, 2.24) is 10.2 Å². The van der Waals surface area contributed by atoms with Gasteiger partial charge in [0.15, 0.2) is 6.61 Å². The van der Waals surface area contributed by atoms with E-state index in [1.165, 1.54) is 10.5 Å². The minimum Gasteiger partial charge on any atom is -0.484 e. The first kappa shape index (κ1) is 26.0. The maximum atomic E-state index is 13.2. The van der Waals surface area contributed by atoms with Gasteiger partial charge < -0.3 is 15.0 Å². The number of nitrogens with one attached hydrogen (secondary N) is 1. The number of carbonyl (C=O) groups excluding carboxylic acids is 2. The molecule has 0 unspecified atom stereocenters. The van der Waals surface area contributed by atoms with Crippen LogP contribution in [0.1, 0.15) is 58.1 Å². The molecule has 5 nitrogen and oxygen atoms in total. The second kappa shape index (κ2) is 12.1. The summed E-state index contributed by atoms with van der Waals surface area (Å²) in [4.78, 5) is 27.6. The first-order valence-electron chi connectivity index (χ1n) is 10.9. The Morgan fingerprint density at radius 1 is 1.03 bits per heavy atom. The minimum atomic E-state index is -0.649. The Balaban J connectivity index is 2.22. The molecule has 0 radical (unpaired) electrons. The number of halogens is 2. The smallest absolute Gasteiger partial charge is 0.261 e. The van der Waals surface area contributed by atoms with Crippen molar-refractivity contribution in [3.05, 3.63) is 63.6 Å². The van der Waals surface area contributed by atoms with Gasteiger partial charge in [-0.05, 0) is 61.6 Å². The molecule has 2 aromatic carbocycles. The van der Waals surface area contributed by atoms with Gasteiger partial charge in [-0.2, -0.15) is 0 Å². The van der Waals surface area contributed by atoms with Crippen LogP contribution in [-0.2, 0) is 16.1 Å². The predicted molar refractivity (Wildman–Crippen MR) is 130 cm³/mol. The van der Waals surface area contributed by atoms with Crippen LogP contribution in [0.5, 0.6) is 5.75 Å². The molecule has 2 rings (SSSR count).